The Balaban J connectivity index is 1.71. The first kappa shape index (κ1) is 16.2. The zero-order valence-corrected chi connectivity index (χ0v) is 16.7. The molecule has 1 N–H and O–H groups in total. The summed E-state index contributed by atoms with van der Waals surface area (Å²) in [5, 5.41) is 3.83. The monoisotopic (exact) mass is 429 g/mol. The van der Waals surface area contributed by atoms with E-state index in [0.29, 0.717) is 17.9 Å². The molecule has 0 amide bonds. The van der Waals surface area contributed by atoms with E-state index >= 15 is 0 Å². The standard InChI is InChI=1S/C22H24IN/c1-22(2,3)15-9-7-14(8-10-15)21-18-6-4-5-17(18)19-13-16(23)11-12-20(19)24-21/h4-5,7-13,17-18,21,24H,6H2,1-3H3/t17-,18+,21+/m1/s1. The largest absolute Gasteiger partial charge is 0.378 e. The van der Waals surface area contributed by atoms with Crippen molar-refractivity contribution in [3.8, 4) is 0 Å². The predicted molar refractivity (Wildman–Crippen MR) is 111 cm³/mol. The molecular weight excluding hydrogens is 405 g/mol. The maximum absolute atomic E-state index is 3.83. The van der Waals surface area contributed by atoms with Gasteiger partial charge in [0, 0.05) is 15.2 Å². The van der Waals surface area contributed by atoms with Gasteiger partial charge in [0.15, 0.2) is 0 Å². The van der Waals surface area contributed by atoms with Crippen LogP contribution in [0.25, 0.3) is 0 Å². The average Bonchev–Trinajstić information content (AvgIpc) is 3.03. The number of hydrogen-bond acceptors (Lipinski definition) is 1. The number of allylic oxidation sites excluding steroid dienone is 2. The molecule has 0 bridgehead atoms. The fraction of sp³-hybridized carbons (Fsp3) is 0.364. The molecule has 1 aliphatic heterocycles. The molecule has 24 heavy (non-hydrogen) atoms. The van der Waals surface area contributed by atoms with E-state index in [9.17, 15) is 0 Å². The lowest BCUT2D eigenvalue weighted by atomic mass is 9.76. The summed E-state index contributed by atoms with van der Waals surface area (Å²) in [5.41, 5.74) is 5.78. The third-order valence-corrected chi connectivity index (χ3v) is 6.13. The van der Waals surface area contributed by atoms with Crippen molar-refractivity contribution >= 4 is 28.3 Å². The molecule has 1 aliphatic carbocycles. The molecule has 0 aromatic heterocycles. The van der Waals surface area contributed by atoms with Gasteiger partial charge in [-0.25, -0.2) is 0 Å². The van der Waals surface area contributed by atoms with E-state index in [4.69, 9.17) is 0 Å². The maximum Gasteiger partial charge on any atom is 0.0553 e. The number of hydrogen-bond donors (Lipinski definition) is 1. The van der Waals surface area contributed by atoms with Crippen LogP contribution in [0, 0.1) is 9.49 Å². The molecule has 2 aromatic rings. The lowest BCUT2D eigenvalue weighted by Gasteiger charge is -2.37. The predicted octanol–water partition coefficient (Wildman–Crippen LogP) is 6.42. The summed E-state index contributed by atoms with van der Waals surface area (Å²) in [6.45, 7) is 6.82. The highest BCUT2D eigenvalue weighted by molar-refractivity contribution is 14.1. The summed E-state index contributed by atoms with van der Waals surface area (Å²) >= 11 is 2.42. The molecule has 2 aliphatic rings. The van der Waals surface area contributed by atoms with E-state index in [2.05, 4.69) is 103 Å². The second kappa shape index (κ2) is 5.91. The molecule has 124 valence electrons. The molecule has 1 nitrogen and oxygen atoms in total. The zero-order valence-electron chi connectivity index (χ0n) is 14.5. The van der Waals surface area contributed by atoms with E-state index in [-0.39, 0.29) is 5.41 Å². The molecule has 3 atom stereocenters. The van der Waals surface area contributed by atoms with Crippen LogP contribution in [0.5, 0.6) is 0 Å². The smallest absolute Gasteiger partial charge is 0.0553 e. The molecule has 1 heterocycles. The van der Waals surface area contributed by atoms with Crippen LogP contribution < -0.4 is 5.32 Å². The van der Waals surface area contributed by atoms with Crippen LogP contribution in [0.2, 0.25) is 0 Å². The van der Waals surface area contributed by atoms with Crippen LogP contribution >= 0.6 is 22.6 Å². The highest BCUT2D eigenvalue weighted by atomic mass is 127. The first-order valence-corrected chi connectivity index (χ1v) is 9.84. The fourth-order valence-electron chi connectivity index (χ4n) is 4.09. The Morgan fingerprint density at radius 1 is 1.04 bits per heavy atom. The Labute approximate surface area is 158 Å². The van der Waals surface area contributed by atoms with Gasteiger partial charge in [-0.1, -0.05) is 57.2 Å². The van der Waals surface area contributed by atoms with E-state index in [0.717, 1.165) is 6.42 Å². The van der Waals surface area contributed by atoms with Crippen molar-refractivity contribution in [1.29, 1.82) is 0 Å². The van der Waals surface area contributed by atoms with Gasteiger partial charge in [-0.05, 0) is 75.2 Å². The van der Waals surface area contributed by atoms with Crippen LogP contribution in [-0.4, -0.2) is 0 Å². The van der Waals surface area contributed by atoms with Gasteiger partial charge in [0.1, 0.15) is 0 Å². The van der Waals surface area contributed by atoms with E-state index < -0.39 is 0 Å². The lowest BCUT2D eigenvalue weighted by molar-refractivity contribution is 0.425. The zero-order chi connectivity index (χ0) is 16.9. The Bertz CT molecular complexity index is 783. The van der Waals surface area contributed by atoms with Crippen LogP contribution in [0.15, 0.2) is 54.6 Å². The minimum atomic E-state index is 0.208. The molecule has 0 radical (unpaired) electrons. The Kier molecular flexibility index (Phi) is 3.98. The second-order valence-corrected chi connectivity index (χ2v) is 9.32. The first-order valence-electron chi connectivity index (χ1n) is 8.76. The number of benzene rings is 2. The molecule has 2 heteroatoms. The van der Waals surface area contributed by atoms with E-state index in [1.807, 2.05) is 0 Å². The highest BCUT2D eigenvalue weighted by Gasteiger charge is 2.37. The van der Waals surface area contributed by atoms with Crippen LogP contribution in [0.1, 0.15) is 55.8 Å². The molecule has 0 unspecified atom stereocenters. The number of nitrogens with one attached hydrogen (secondary N) is 1. The van der Waals surface area contributed by atoms with Gasteiger partial charge in [0.2, 0.25) is 0 Å². The average molecular weight is 429 g/mol. The van der Waals surface area contributed by atoms with Crippen molar-refractivity contribution < 1.29 is 0 Å². The Morgan fingerprint density at radius 2 is 1.79 bits per heavy atom. The molecule has 0 spiro atoms. The van der Waals surface area contributed by atoms with Gasteiger partial charge in [-0.2, -0.15) is 0 Å². The van der Waals surface area contributed by atoms with Crippen molar-refractivity contribution in [3.05, 3.63) is 74.9 Å². The number of fused-ring (bicyclic) bond motifs is 3. The third-order valence-electron chi connectivity index (χ3n) is 5.46. The SMILES string of the molecule is CC(C)(C)c1ccc([C@@H]2Nc3ccc(I)cc3[C@@H]3C=CC[C@@H]32)cc1. The van der Waals surface area contributed by atoms with Crippen molar-refractivity contribution in [3.63, 3.8) is 0 Å². The number of halogens is 1. The summed E-state index contributed by atoms with van der Waals surface area (Å²) in [5.74, 6) is 1.17. The molecule has 4 rings (SSSR count). The van der Waals surface area contributed by atoms with E-state index in [1.54, 1.807) is 0 Å². The Morgan fingerprint density at radius 3 is 2.50 bits per heavy atom. The molecular formula is C22H24IN. The fourth-order valence-corrected chi connectivity index (χ4v) is 4.60. The maximum atomic E-state index is 3.83. The molecule has 0 saturated heterocycles. The van der Waals surface area contributed by atoms with Gasteiger partial charge in [-0.15, -0.1) is 0 Å². The minimum absolute atomic E-state index is 0.208. The number of anilines is 1. The molecule has 2 aromatic carbocycles. The van der Waals surface area contributed by atoms with Crippen LogP contribution in [0.3, 0.4) is 0 Å². The lowest BCUT2D eigenvalue weighted by Crippen LogP contribution is -2.29. The van der Waals surface area contributed by atoms with Gasteiger partial charge in [-0.3, -0.25) is 0 Å². The summed E-state index contributed by atoms with van der Waals surface area (Å²) in [7, 11) is 0. The Hall–Kier alpha value is -1.29. The van der Waals surface area contributed by atoms with Crippen LogP contribution in [-0.2, 0) is 5.41 Å². The van der Waals surface area contributed by atoms with Gasteiger partial charge >= 0.3 is 0 Å². The first-order chi connectivity index (χ1) is 11.4. The minimum Gasteiger partial charge on any atom is -0.378 e. The van der Waals surface area contributed by atoms with Crippen molar-refractivity contribution in [2.45, 2.75) is 44.6 Å². The van der Waals surface area contributed by atoms with Crippen molar-refractivity contribution in [2.24, 2.45) is 5.92 Å². The van der Waals surface area contributed by atoms with Crippen molar-refractivity contribution in [2.75, 3.05) is 5.32 Å². The van der Waals surface area contributed by atoms with Gasteiger partial charge in [0.05, 0.1) is 6.04 Å². The summed E-state index contributed by atoms with van der Waals surface area (Å²) in [4.78, 5) is 0. The summed E-state index contributed by atoms with van der Waals surface area (Å²) in [6.07, 6.45) is 5.94. The van der Waals surface area contributed by atoms with Crippen molar-refractivity contribution in [1.82, 2.24) is 0 Å². The molecule has 0 fully saturated rings. The van der Waals surface area contributed by atoms with Gasteiger partial charge < -0.3 is 5.32 Å². The second-order valence-electron chi connectivity index (χ2n) is 8.08. The summed E-state index contributed by atoms with van der Waals surface area (Å²) in [6, 6.07) is 16.4. The highest BCUT2D eigenvalue weighted by Crippen LogP contribution is 2.50. The van der Waals surface area contributed by atoms with E-state index in [1.165, 1.54) is 25.9 Å². The van der Waals surface area contributed by atoms with Gasteiger partial charge in [0.25, 0.3) is 0 Å². The van der Waals surface area contributed by atoms with Crippen LogP contribution in [0.4, 0.5) is 5.69 Å². The normalized spacial score (nSPS) is 25.1. The topological polar surface area (TPSA) is 12.0 Å². The summed E-state index contributed by atoms with van der Waals surface area (Å²) < 4.78 is 1.32. The quantitative estimate of drug-likeness (QED) is 0.408. The third kappa shape index (κ3) is 2.79. The number of rotatable bonds is 1. The molecule has 0 saturated carbocycles.